The van der Waals surface area contributed by atoms with E-state index < -0.39 is 10.9 Å². The quantitative estimate of drug-likeness (QED) is 0.617. The molecule has 6 nitrogen and oxygen atoms in total. The number of benzene rings is 1. The van der Waals surface area contributed by atoms with Crippen molar-refractivity contribution in [2.75, 3.05) is 24.3 Å². The van der Waals surface area contributed by atoms with Crippen molar-refractivity contribution in [3.05, 3.63) is 74.4 Å². The topological polar surface area (TPSA) is 80.6 Å². The van der Waals surface area contributed by atoms with Crippen LogP contribution in [0.25, 0.3) is 0 Å². The summed E-state index contributed by atoms with van der Waals surface area (Å²) in [6.45, 7) is 0.928. The molecule has 0 amide bonds. The van der Waals surface area contributed by atoms with Crippen molar-refractivity contribution in [3.63, 3.8) is 0 Å². The molecule has 2 aromatic carbocycles. The second kappa shape index (κ2) is 7.04. The molecular weight excluding hydrogens is 308 g/mol. The summed E-state index contributed by atoms with van der Waals surface area (Å²) in [5.74, 6) is 1.51. The normalized spacial score (nSPS) is 10.7. The van der Waals surface area contributed by atoms with Crippen LogP contribution in [-0.4, -0.2) is 13.7 Å². The first kappa shape index (κ1) is 15.9. The summed E-state index contributed by atoms with van der Waals surface area (Å²) in [4.78, 5) is 23.4. The summed E-state index contributed by atoms with van der Waals surface area (Å²) >= 11 is 0. The monoisotopic (exact) mass is 326 g/mol. The Morgan fingerprint density at radius 1 is 1.00 bits per heavy atom. The summed E-state index contributed by atoms with van der Waals surface area (Å²) in [5, 5.41) is 5.99. The average molecular weight is 326 g/mol. The molecule has 24 heavy (non-hydrogen) atoms. The van der Waals surface area contributed by atoms with Crippen molar-refractivity contribution in [2.45, 2.75) is 13.0 Å². The summed E-state index contributed by atoms with van der Waals surface area (Å²) in [6, 6.07) is 11.3. The van der Waals surface area contributed by atoms with Gasteiger partial charge in [0.15, 0.2) is 0 Å². The highest BCUT2D eigenvalue weighted by Crippen LogP contribution is 2.16. The van der Waals surface area contributed by atoms with Crippen molar-refractivity contribution >= 4 is 11.4 Å². The van der Waals surface area contributed by atoms with Crippen LogP contribution in [0.1, 0.15) is 11.3 Å². The number of hydrogen-bond acceptors (Lipinski definition) is 6. The van der Waals surface area contributed by atoms with Gasteiger partial charge in [-0.15, -0.1) is 0 Å². The predicted octanol–water partition coefficient (Wildman–Crippen LogP) is 2.15. The van der Waals surface area contributed by atoms with Crippen LogP contribution in [0.2, 0.25) is 0 Å². The van der Waals surface area contributed by atoms with Crippen LogP contribution in [0.4, 0.5) is 11.4 Å². The number of ether oxygens (including phenoxy) is 1. The van der Waals surface area contributed by atoms with E-state index in [0.717, 1.165) is 17.7 Å². The van der Waals surface area contributed by atoms with Crippen molar-refractivity contribution in [3.8, 4) is 5.75 Å². The Kier molecular flexibility index (Phi) is 4.65. The predicted molar refractivity (Wildman–Crippen MR) is 92.6 cm³/mol. The smallest absolute Gasteiger partial charge is 0.253 e. The second-order valence-electron chi connectivity index (χ2n) is 5.37. The van der Waals surface area contributed by atoms with Gasteiger partial charge in [-0.05, 0) is 36.2 Å². The standard InChI is InChI=1S/C18H18N2O4/c1-23-13-6-4-12(5-7-13)8-9-19-15-16(18(22)17(15)21)20-11-14-3-2-10-24-14/h2-7,10,19-20H,8-9,11H2,1H3. The van der Waals surface area contributed by atoms with Gasteiger partial charge in [-0.3, -0.25) is 9.59 Å². The number of nitrogens with one attached hydrogen (secondary N) is 2. The molecule has 2 N–H and O–H groups in total. The van der Waals surface area contributed by atoms with E-state index in [1.165, 1.54) is 0 Å². The minimum absolute atomic E-state index is 0.325. The van der Waals surface area contributed by atoms with E-state index in [0.29, 0.717) is 30.2 Å². The van der Waals surface area contributed by atoms with Gasteiger partial charge in [-0.1, -0.05) is 12.1 Å². The van der Waals surface area contributed by atoms with Crippen LogP contribution >= 0.6 is 0 Å². The maximum absolute atomic E-state index is 11.7. The zero-order chi connectivity index (χ0) is 16.9. The maximum atomic E-state index is 11.7. The minimum Gasteiger partial charge on any atom is -0.497 e. The van der Waals surface area contributed by atoms with Gasteiger partial charge in [-0.2, -0.15) is 0 Å². The third-order valence-electron chi connectivity index (χ3n) is 3.80. The van der Waals surface area contributed by atoms with E-state index in [-0.39, 0.29) is 0 Å². The number of rotatable bonds is 8. The van der Waals surface area contributed by atoms with E-state index in [1.807, 2.05) is 24.3 Å². The van der Waals surface area contributed by atoms with E-state index in [9.17, 15) is 9.59 Å². The number of methoxy groups -OCH3 is 1. The van der Waals surface area contributed by atoms with Crippen molar-refractivity contribution < 1.29 is 9.15 Å². The fourth-order valence-electron chi connectivity index (χ4n) is 2.44. The highest BCUT2D eigenvalue weighted by molar-refractivity contribution is 5.73. The lowest BCUT2D eigenvalue weighted by atomic mass is 10.1. The van der Waals surface area contributed by atoms with E-state index >= 15 is 0 Å². The average Bonchev–Trinajstić information content (AvgIpc) is 3.14. The Hall–Kier alpha value is -3.02. The zero-order valence-electron chi connectivity index (χ0n) is 13.3. The van der Waals surface area contributed by atoms with E-state index in [1.54, 1.807) is 25.5 Å². The molecule has 0 fully saturated rings. The third kappa shape index (κ3) is 3.32. The fraction of sp³-hybridized carbons (Fsp3) is 0.222. The molecule has 0 aliphatic heterocycles. The molecule has 0 unspecified atom stereocenters. The van der Waals surface area contributed by atoms with Crippen LogP contribution in [0.3, 0.4) is 0 Å². The lowest BCUT2D eigenvalue weighted by Crippen LogP contribution is -2.37. The number of furan rings is 1. The Balaban J connectivity index is 1.56. The van der Waals surface area contributed by atoms with Gasteiger partial charge in [0, 0.05) is 6.54 Å². The first-order chi connectivity index (χ1) is 11.7. The van der Waals surface area contributed by atoms with Gasteiger partial charge in [-0.25, -0.2) is 0 Å². The lowest BCUT2D eigenvalue weighted by Gasteiger charge is -2.14. The molecule has 0 radical (unpaired) electrons. The first-order valence-corrected chi connectivity index (χ1v) is 7.65. The molecular formula is C18H18N2O4. The molecule has 0 atom stereocenters. The Morgan fingerprint density at radius 2 is 1.71 bits per heavy atom. The van der Waals surface area contributed by atoms with E-state index in [2.05, 4.69) is 10.6 Å². The molecule has 124 valence electrons. The maximum Gasteiger partial charge on any atom is 0.253 e. The van der Waals surface area contributed by atoms with Gasteiger partial charge in [0.25, 0.3) is 10.9 Å². The molecule has 3 aromatic rings. The summed E-state index contributed by atoms with van der Waals surface area (Å²) in [5.41, 5.74) is 0.818. The minimum atomic E-state index is -0.492. The summed E-state index contributed by atoms with van der Waals surface area (Å²) in [7, 11) is 1.62. The van der Waals surface area contributed by atoms with Crippen LogP contribution in [-0.2, 0) is 13.0 Å². The van der Waals surface area contributed by atoms with Gasteiger partial charge >= 0.3 is 0 Å². The van der Waals surface area contributed by atoms with Gasteiger partial charge in [0.05, 0.1) is 19.9 Å². The molecule has 0 aliphatic rings. The second-order valence-corrected chi connectivity index (χ2v) is 5.37. The summed E-state index contributed by atoms with van der Waals surface area (Å²) in [6.07, 6.45) is 2.30. The number of anilines is 2. The van der Waals surface area contributed by atoms with Crippen molar-refractivity contribution in [1.82, 2.24) is 0 Å². The van der Waals surface area contributed by atoms with E-state index in [4.69, 9.17) is 9.15 Å². The van der Waals surface area contributed by atoms with Gasteiger partial charge in [0.2, 0.25) is 0 Å². The zero-order valence-corrected chi connectivity index (χ0v) is 13.3. The molecule has 6 heteroatoms. The Bertz CT molecular complexity index is 860. The molecule has 0 spiro atoms. The summed E-state index contributed by atoms with van der Waals surface area (Å²) < 4.78 is 10.3. The lowest BCUT2D eigenvalue weighted by molar-refractivity contribution is 0.414. The first-order valence-electron chi connectivity index (χ1n) is 7.65. The van der Waals surface area contributed by atoms with Crippen molar-refractivity contribution in [1.29, 1.82) is 0 Å². The third-order valence-corrected chi connectivity index (χ3v) is 3.80. The SMILES string of the molecule is COc1ccc(CCNc2c(NCc3ccco3)c(=O)c2=O)cc1. The van der Waals surface area contributed by atoms with Crippen LogP contribution in [0.5, 0.6) is 5.75 Å². The fourth-order valence-corrected chi connectivity index (χ4v) is 2.44. The molecule has 1 aromatic heterocycles. The van der Waals surface area contributed by atoms with Crippen molar-refractivity contribution in [2.24, 2.45) is 0 Å². The Labute approximate surface area is 138 Å². The molecule has 0 saturated heterocycles. The molecule has 3 rings (SSSR count). The Morgan fingerprint density at radius 3 is 2.33 bits per heavy atom. The van der Waals surface area contributed by atoms with Crippen LogP contribution in [0.15, 0.2) is 56.7 Å². The van der Waals surface area contributed by atoms with Gasteiger partial charge in [0.1, 0.15) is 22.9 Å². The largest absolute Gasteiger partial charge is 0.497 e. The number of hydrogen-bond donors (Lipinski definition) is 2. The molecule has 0 aliphatic carbocycles. The molecule has 1 heterocycles. The van der Waals surface area contributed by atoms with Gasteiger partial charge < -0.3 is 19.8 Å². The van der Waals surface area contributed by atoms with Crippen LogP contribution in [0, 0.1) is 0 Å². The van der Waals surface area contributed by atoms with Crippen LogP contribution < -0.4 is 26.2 Å². The molecule has 0 saturated carbocycles. The molecule has 0 bridgehead atoms. The highest BCUT2D eigenvalue weighted by Gasteiger charge is 2.20. The highest BCUT2D eigenvalue weighted by atomic mass is 16.5.